The van der Waals surface area contributed by atoms with Crippen molar-refractivity contribution in [2.45, 2.75) is 52.4 Å². The number of rotatable bonds is 0. The Balaban J connectivity index is 2.23. The van der Waals surface area contributed by atoms with E-state index in [9.17, 15) is 0 Å². The monoisotopic (exact) mass is 176 g/mol. The first-order chi connectivity index (χ1) is 6.20. The zero-order valence-electron chi connectivity index (χ0n) is 8.90. The van der Waals surface area contributed by atoms with Gasteiger partial charge >= 0.3 is 0 Å². The minimum Gasteiger partial charge on any atom is -0.0745 e. The second-order valence-electron chi connectivity index (χ2n) is 4.97. The minimum atomic E-state index is 0.368. The van der Waals surface area contributed by atoms with Crippen molar-refractivity contribution in [3.8, 4) is 0 Å². The zero-order chi connectivity index (χ0) is 9.31. The largest absolute Gasteiger partial charge is 0.0745 e. The van der Waals surface area contributed by atoms with E-state index in [1.807, 2.05) is 0 Å². The fraction of sp³-hybridized carbons (Fsp3) is 0.692. The van der Waals surface area contributed by atoms with Gasteiger partial charge in [-0.1, -0.05) is 44.4 Å². The van der Waals surface area contributed by atoms with Gasteiger partial charge in [-0.2, -0.15) is 0 Å². The average molecular weight is 176 g/mol. The van der Waals surface area contributed by atoms with Gasteiger partial charge in [-0.25, -0.2) is 0 Å². The molecule has 0 atom stereocenters. The lowest BCUT2D eigenvalue weighted by atomic mass is 9.81. The maximum absolute atomic E-state index is 2.39. The Labute approximate surface area is 81.7 Å². The van der Waals surface area contributed by atoms with E-state index < -0.39 is 0 Å². The molecule has 0 N–H and O–H groups in total. The van der Waals surface area contributed by atoms with E-state index in [4.69, 9.17) is 0 Å². The number of hydrogen-bond acceptors (Lipinski definition) is 0. The molecule has 0 aromatic heterocycles. The lowest BCUT2D eigenvalue weighted by molar-refractivity contribution is 0.520. The summed E-state index contributed by atoms with van der Waals surface area (Å²) in [5, 5.41) is 0. The van der Waals surface area contributed by atoms with Gasteiger partial charge in [0.25, 0.3) is 0 Å². The van der Waals surface area contributed by atoms with Crippen molar-refractivity contribution in [1.29, 1.82) is 0 Å². The molecular formula is C13H20. The maximum Gasteiger partial charge on any atom is 0.00432 e. The highest BCUT2D eigenvalue weighted by atomic mass is 14.3. The van der Waals surface area contributed by atoms with Crippen LogP contribution in [0.3, 0.4) is 0 Å². The molecule has 0 heteroatoms. The van der Waals surface area contributed by atoms with Gasteiger partial charge in [0.2, 0.25) is 0 Å². The molecule has 13 heavy (non-hydrogen) atoms. The topological polar surface area (TPSA) is 0 Å². The minimum absolute atomic E-state index is 0.368. The fourth-order valence-electron chi connectivity index (χ4n) is 2.61. The van der Waals surface area contributed by atoms with Gasteiger partial charge in [-0.05, 0) is 31.3 Å². The van der Waals surface area contributed by atoms with Crippen molar-refractivity contribution in [2.75, 3.05) is 0 Å². The molecule has 2 rings (SSSR count). The van der Waals surface area contributed by atoms with Gasteiger partial charge in [0.15, 0.2) is 0 Å². The summed E-state index contributed by atoms with van der Waals surface area (Å²) in [7, 11) is 0. The van der Waals surface area contributed by atoms with Crippen LogP contribution < -0.4 is 0 Å². The van der Waals surface area contributed by atoms with Crippen LogP contribution >= 0.6 is 0 Å². The van der Waals surface area contributed by atoms with Crippen LogP contribution in [0.2, 0.25) is 0 Å². The summed E-state index contributed by atoms with van der Waals surface area (Å²) < 4.78 is 0. The van der Waals surface area contributed by atoms with Crippen LogP contribution in [0.4, 0.5) is 0 Å². The van der Waals surface area contributed by atoms with Crippen LogP contribution in [-0.2, 0) is 0 Å². The molecular weight excluding hydrogens is 156 g/mol. The summed E-state index contributed by atoms with van der Waals surface area (Å²) in [5.41, 5.74) is 3.75. The third-order valence-corrected chi connectivity index (χ3v) is 3.49. The summed E-state index contributed by atoms with van der Waals surface area (Å²) in [4.78, 5) is 0. The van der Waals surface area contributed by atoms with Crippen molar-refractivity contribution < 1.29 is 0 Å². The molecule has 0 nitrogen and oxygen atoms in total. The van der Waals surface area contributed by atoms with Gasteiger partial charge in [-0.15, -0.1) is 0 Å². The zero-order valence-corrected chi connectivity index (χ0v) is 8.90. The molecule has 2 aliphatic carbocycles. The van der Waals surface area contributed by atoms with E-state index in [1.165, 1.54) is 38.5 Å². The van der Waals surface area contributed by atoms with Gasteiger partial charge in [-0.3, -0.25) is 0 Å². The van der Waals surface area contributed by atoms with E-state index in [-0.39, 0.29) is 0 Å². The highest BCUT2D eigenvalue weighted by molar-refractivity contribution is 5.40. The van der Waals surface area contributed by atoms with E-state index in [0.29, 0.717) is 5.41 Å². The predicted octanol–water partition coefficient (Wildman–Crippen LogP) is 4.23. The highest BCUT2D eigenvalue weighted by Gasteiger charge is 2.27. The van der Waals surface area contributed by atoms with Crippen molar-refractivity contribution in [1.82, 2.24) is 0 Å². The third-order valence-electron chi connectivity index (χ3n) is 3.49. The average Bonchev–Trinajstić information content (AvgIpc) is 2.25. The Morgan fingerprint density at radius 1 is 1.00 bits per heavy atom. The van der Waals surface area contributed by atoms with Crippen LogP contribution in [-0.4, -0.2) is 0 Å². The Bertz CT molecular complexity index is 253. The first kappa shape index (κ1) is 9.05. The van der Waals surface area contributed by atoms with Crippen LogP contribution in [0.15, 0.2) is 23.3 Å². The molecule has 0 unspecified atom stereocenters. The lowest BCUT2D eigenvalue weighted by Gasteiger charge is -2.23. The molecule has 0 fully saturated rings. The normalized spacial score (nSPS) is 26.9. The van der Waals surface area contributed by atoms with Crippen LogP contribution in [0.1, 0.15) is 52.4 Å². The molecule has 2 aliphatic rings. The number of hydrogen-bond donors (Lipinski definition) is 0. The molecule has 0 aromatic rings. The summed E-state index contributed by atoms with van der Waals surface area (Å²) in [6.07, 6.45) is 13.1. The predicted molar refractivity (Wildman–Crippen MR) is 57.6 cm³/mol. The maximum atomic E-state index is 2.39. The fourth-order valence-corrected chi connectivity index (χ4v) is 2.61. The second-order valence-corrected chi connectivity index (χ2v) is 4.97. The molecule has 0 spiro atoms. The Morgan fingerprint density at radius 2 is 1.69 bits per heavy atom. The van der Waals surface area contributed by atoms with E-state index >= 15 is 0 Å². The van der Waals surface area contributed by atoms with Crippen molar-refractivity contribution in [3.63, 3.8) is 0 Å². The first-order valence-corrected chi connectivity index (χ1v) is 5.62. The standard InChI is InChI=1S/C13H20/c1-13(2)10-9-11-7-5-3-4-6-8-12(11)13/h9-10H,3-8H2,1-2H3. The molecule has 0 heterocycles. The smallest absolute Gasteiger partial charge is 0.00432 e. The molecule has 0 radical (unpaired) electrons. The number of allylic oxidation sites excluding steroid dienone is 4. The molecule has 0 bridgehead atoms. The van der Waals surface area contributed by atoms with Gasteiger partial charge in [0.1, 0.15) is 0 Å². The van der Waals surface area contributed by atoms with E-state index in [1.54, 1.807) is 11.1 Å². The molecule has 0 saturated heterocycles. The lowest BCUT2D eigenvalue weighted by Crippen LogP contribution is -2.10. The highest BCUT2D eigenvalue weighted by Crippen LogP contribution is 2.42. The van der Waals surface area contributed by atoms with Crippen molar-refractivity contribution >= 4 is 0 Å². The van der Waals surface area contributed by atoms with Gasteiger partial charge < -0.3 is 0 Å². The quantitative estimate of drug-likeness (QED) is 0.518. The SMILES string of the molecule is CC1(C)C=CC2=C1CCCCCC2. The van der Waals surface area contributed by atoms with Crippen LogP contribution in [0.25, 0.3) is 0 Å². The molecule has 0 amide bonds. The van der Waals surface area contributed by atoms with Gasteiger partial charge in [0.05, 0.1) is 0 Å². The third kappa shape index (κ3) is 1.72. The second kappa shape index (κ2) is 3.32. The van der Waals surface area contributed by atoms with E-state index in [2.05, 4.69) is 26.0 Å². The summed E-state index contributed by atoms with van der Waals surface area (Å²) in [5.74, 6) is 0. The molecule has 72 valence electrons. The summed E-state index contributed by atoms with van der Waals surface area (Å²) in [6, 6.07) is 0. The van der Waals surface area contributed by atoms with Crippen LogP contribution in [0, 0.1) is 5.41 Å². The van der Waals surface area contributed by atoms with Crippen LogP contribution in [0.5, 0.6) is 0 Å². The summed E-state index contributed by atoms with van der Waals surface area (Å²) in [6.45, 7) is 4.71. The van der Waals surface area contributed by atoms with Crippen molar-refractivity contribution in [3.05, 3.63) is 23.3 Å². The molecule has 0 saturated carbocycles. The Hall–Kier alpha value is -0.520. The first-order valence-electron chi connectivity index (χ1n) is 5.62. The van der Waals surface area contributed by atoms with Gasteiger partial charge in [0, 0.05) is 5.41 Å². The summed E-state index contributed by atoms with van der Waals surface area (Å²) >= 11 is 0. The molecule has 0 aliphatic heterocycles. The Kier molecular flexibility index (Phi) is 2.31. The molecule has 0 aromatic carbocycles. The van der Waals surface area contributed by atoms with E-state index in [0.717, 1.165) is 0 Å². The van der Waals surface area contributed by atoms with Crippen molar-refractivity contribution in [2.24, 2.45) is 5.41 Å². The Morgan fingerprint density at radius 3 is 2.46 bits per heavy atom.